The summed E-state index contributed by atoms with van der Waals surface area (Å²) >= 11 is 0. The van der Waals surface area contributed by atoms with Gasteiger partial charge in [-0.1, -0.05) is 87.5 Å². The van der Waals surface area contributed by atoms with E-state index in [9.17, 15) is 34.2 Å². The molecule has 3 N–H and O–H groups in total. The van der Waals surface area contributed by atoms with Crippen molar-refractivity contribution < 1.29 is 62.7 Å². The van der Waals surface area contributed by atoms with Gasteiger partial charge >= 0.3 is 23.9 Å². The topological polar surface area (TPSA) is 201 Å². The van der Waals surface area contributed by atoms with Gasteiger partial charge < -0.3 is 39.2 Å². The van der Waals surface area contributed by atoms with Gasteiger partial charge in [-0.05, 0) is 66.7 Å². The number of aliphatic hydroxyl groups excluding tert-OH is 2. The van der Waals surface area contributed by atoms with Gasteiger partial charge in [-0.2, -0.15) is 0 Å². The molecule has 3 aliphatic carbocycles. The molecule has 1 unspecified atom stereocenters. The number of carbonyl (C=O) groups excluding carboxylic acids is 6. The minimum absolute atomic E-state index is 0.0990. The first-order valence-corrected chi connectivity index (χ1v) is 20.7. The summed E-state index contributed by atoms with van der Waals surface area (Å²) in [7, 11) is 0. The van der Waals surface area contributed by atoms with Crippen LogP contribution in [0.4, 0.5) is 0 Å². The number of aliphatic hydroxyl groups is 2. The Labute approximate surface area is 359 Å². The van der Waals surface area contributed by atoms with Crippen LogP contribution in [0.3, 0.4) is 0 Å². The van der Waals surface area contributed by atoms with E-state index in [0.29, 0.717) is 16.7 Å². The van der Waals surface area contributed by atoms with E-state index < -0.39 is 106 Å². The van der Waals surface area contributed by atoms with Gasteiger partial charge in [-0.25, -0.2) is 9.59 Å². The van der Waals surface area contributed by atoms with Gasteiger partial charge in [-0.15, -0.1) is 0 Å². The standard InChI is InChI=1S/C48H53NO13/c1-26-32(60-44(57)37(53)36(29-17-11-8-12-18-29)49-42(55)30-19-13-9-14-20-30)24-46(6)41(61-43(56)31-21-15-10-16-22-31)39-47(7,33(52)23-34-48(39,25-58-34)62-28(3)51)40(54)38(59-27(2)50)35(26)45(46,4)5/h8-22,32-34,36-39,41,52-53H,23-25H2,1-7H3,(H,49,55)/t32-,33-,34+,36-,37+,38+,39?,41-,46-,47+,48-/m0/s1. The molecule has 1 saturated heterocycles. The van der Waals surface area contributed by atoms with Gasteiger partial charge in [0.2, 0.25) is 0 Å². The van der Waals surface area contributed by atoms with Gasteiger partial charge in [0.1, 0.15) is 18.3 Å². The van der Waals surface area contributed by atoms with Crippen LogP contribution in [0.2, 0.25) is 0 Å². The molecule has 14 nitrogen and oxygen atoms in total. The maximum atomic E-state index is 15.6. The molecule has 2 bridgehead atoms. The lowest BCUT2D eigenvalue weighted by atomic mass is 9.42. The quantitative estimate of drug-likeness (QED) is 0.140. The highest BCUT2D eigenvalue weighted by Gasteiger charge is 2.77. The zero-order chi connectivity index (χ0) is 44.9. The predicted molar refractivity (Wildman–Crippen MR) is 221 cm³/mol. The highest BCUT2D eigenvalue weighted by molar-refractivity contribution is 5.96. The third kappa shape index (κ3) is 7.31. The number of rotatable bonds is 10. The molecule has 14 heteroatoms. The third-order valence-corrected chi connectivity index (χ3v) is 14.1. The Hall–Kier alpha value is -5.70. The van der Waals surface area contributed by atoms with Crippen molar-refractivity contribution in [2.75, 3.05) is 6.61 Å². The average Bonchev–Trinajstić information content (AvgIpc) is 3.24. The fraction of sp³-hybridized carbons (Fsp3) is 0.458. The highest BCUT2D eigenvalue weighted by Crippen LogP contribution is 2.67. The van der Waals surface area contributed by atoms with Gasteiger partial charge in [-0.3, -0.25) is 19.2 Å². The van der Waals surface area contributed by atoms with Crippen LogP contribution in [0.1, 0.15) is 93.6 Å². The first-order chi connectivity index (χ1) is 29.3. The zero-order valence-electron chi connectivity index (χ0n) is 35.8. The number of ketones is 1. The van der Waals surface area contributed by atoms with E-state index in [-0.39, 0.29) is 30.6 Å². The van der Waals surface area contributed by atoms with Gasteiger partial charge in [0.05, 0.1) is 35.6 Å². The maximum absolute atomic E-state index is 15.6. The first-order valence-electron chi connectivity index (χ1n) is 20.7. The summed E-state index contributed by atoms with van der Waals surface area (Å²) in [5.74, 6) is -6.01. The lowest BCUT2D eigenvalue weighted by Crippen LogP contribution is -2.80. The normalized spacial score (nSPS) is 31.9. The lowest BCUT2D eigenvalue weighted by Gasteiger charge is -2.68. The van der Waals surface area contributed by atoms with Crippen LogP contribution in [0.5, 0.6) is 0 Å². The molecule has 0 radical (unpaired) electrons. The van der Waals surface area contributed by atoms with E-state index in [1.54, 1.807) is 105 Å². The second-order valence-electron chi connectivity index (χ2n) is 17.8. The van der Waals surface area contributed by atoms with Crippen molar-refractivity contribution in [3.8, 4) is 0 Å². The molecule has 0 aromatic heterocycles. The highest BCUT2D eigenvalue weighted by atomic mass is 16.6. The Balaban J connectivity index is 1.39. The fourth-order valence-corrected chi connectivity index (χ4v) is 10.5. The number of amides is 1. The van der Waals surface area contributed by atoms with Gasteiger partial charge in [0.15, 0.2) is 23.6 Å². The first kappa shape index (κ1) is 44.4. The smallest absolute Gasteiger partial charge is 0.338 e. The summed E-state index contributed by atoms with van der Waals surface area (Å²) in [5.41, 5.74) is -4.65. The number of benzene rings is 3. The lowest BCUT2D eigenvalue weighted by molar-refractivity contribution is -0.340. The largest absolute Gasteiger partial charge is 0.458 e. The molecule has 7 rings (SSSR count). The van der Waals surface area contributed by atoms with Crippen LogP contribution in [-0.4, -0.2) is 94.6 Å². The summed E-state index contributed by atoms with van der Waals surface area (Å²) in [6.07, 6.45) is -8.83. The Morgan fingerprint density at radius 1 is 0.806 bits per heavy atom. The number of ether oxygens (including phenoxy) is 5. The van der Waals surface area contributed by atoms with E-state index in [2.05, 4.69) is 5.32 Å². The van der Waals surface area contributed by atoms with Crippen molar-refractivity contribution in [1.82, 2.24) is 5.32 Å². The van der Waals surface area contributed by atoms with E-state index >= 15 is 4.79 Å². The van der Waals surface area contributed by atoms with Crippen LogP contribution in [0.15, 0.2) is 102 Å². The summed E-state index contributed by atoms with van der Waals surface area (Å²) in [5, 5.41) is 26.7. The van der Waals surface area contributed by atoms with E-state index in [1.807, 2.05) is 13.8 Å². The SMILES string of the molecule is CC(=O)O[C@H]1C(=O)[C@@]2(C)C([C@H](OC(=O)c3ccccc3)[C@]3(C)C[C@H](OC(=O)[C@H](O)[C@@H](NC(=O)c4ccccc4)c4ccccc4)C(C)=C1C3(C)C)[C@]1(OC(C)=O)CO[C@@H]1C[C@@H]2O. The molecule has 11 atom stereocenters. The monoisotopic (exact) mass is 851 g/mol. The molecule has 3 aromatic carbocycles. The second kappa shape index (κ2) is 16.5. The number of hydrogen-bond donors (Lipinski definition) is 3. The van der Waals surface area contributed by atoms with Gasteiger partial charge in [0, 0.05) is 31.2 Å². The average molecular weight is 852 g/mol. The minimum Gasteiger partial charge on any atom is -0.458 e. The molecule has 1 aliphatic heterocycles. The molecular formula is C48H53NO13. The van der Waals surface area contributed by atoms with Crippen LogP contribution in [-0.2, 0) is 42.9 Å². The van der Waals surface area contributed by atoms with E-state index in [0.717, 1.165) is 6.92 Å². The molecule has 2 saturated carbocycles. The van der Waals surface area contributed by atoms with Crippen molar-refractivity contribution in [2.45, 2.75) is 110 Å². The van der Waals surface area contributed by atoms with E-state index in [1.165, 1.54) is 13.8 Å². The molecule has 62 heavy (non-hydrogen) atoms. The summed E-state index contributed by atoms with van der Waals surface area (Å²) in [4.78, 5) is 83.9. The predicted octanol–water partition coefficient (Wildman–Crippen LogP) is 5.01. The molecule has 1 amide bonds. The van der Waals surface area contributed by atoms with Crippen LogP contribution in [0, 0.1) is 22.2 Å². The zero-order valence-corrected chi connectivity index (χ0v) is 35.8. The second-order valence-corrected chi connectivity index (χ2v) is 17.8. The Bertz CT molecular complexity index is 2280. The van der Waals surface area contributed by atoms with Crippen molar-refractivity contribution in [1.29, 1.82) is 0 Å². The third-order valence-electron chi connectivity index (χ3n) is 14.1. The molecule has 328 valence electrons. The number of esters is 4. The fourth-order valence-electron chi connectivity index (χ4n) is 10.5. The Morgan fingerprint density at radius 2 is 1.39 bits per heavy atom. The Kier molecular flexibility index (Phi) is 11.8. The molecule has 3 aromatic rings. The molecule has 0 spiro atoms. The summed E-state index contributed by atoms with van der Waals surface area (Å²) in [6.45, 7) is 10.7. The number of hydrogen-bond acceptors (Lipinski definition) is 13. The molecule has 3 fully saturated rings. The van der Waals surface area contributed by atoms with Crippen LogP contribution in [0.25, 0.3) is 0 Å². The molecule has 1 heterocycles. The number of carbonyl (C=O) groups is 6. The van der Waals surface area contributed by atoms with E-state index in [4.69, 9.17) is 23.7 Å². The van der Waals surface area contributed by atoms with Gasteiger partial charge in [0.25, 0.3) is 5.91 Å². The van der Waals surface area contributed by atoms with Crippen molar-refractivity contribution in [3.05, 3.63) is 119 Å². The number of Topliss-reactive ketones (excluding diaryl/α,β-unsaturated/α-hetero) is 1. The Morgan fingerprint density at radius 3 is 1.94 bits per heavy atom. The number of nitrogens with one attached hydrogen (secondary N) is 1. The minimum atomic E-state index is -1.95. The molecular weight excluding hydrogens is 799 g/mol. The molecule has 4 aliphatic rings. The number of fused-ring (bicyclic) bond motifs is 5. The summed E-state index contributed by atoms with van der Waals surface area (Å²) in [6, 6.07) is 23.6. The van der Waals surface area contributed by atoms with Crippen LogP contribution >= 0.6 is 0 Å². The van der Waals surface area contributed by atoms with Crippen molar-refractivity contribution in [3.63, 3.8) is 0 Å². The van der Waals surface area contributed by atoms with Crippen molar-refractivity contribution in [2.24, 2.45) is 22.2 Å². The maximum Gasteiger partial charge on any atom is 0.338 e. The van der Waals surface area contributed by atoms with Crippen LogP contribution < -0.4 is 5.32 Å². The summed E-state index contributed by atoms with van der Waals surface area (Å²) < 4.78 is 31.0. The van der Waals surface area contributed by atoms with Crippen molar-refractivity contribution >= 4 is 35.6 Å².